The molecule has 2 atom stereocenters. The van der Waals surface area contributed by atoms with Gasteiger partial charge in [-0.2, -0.15) is 0 Å². The quantitative estimate of drug-likeness (QED) is 0.384. The van der Waals surface area contributed by atoms with Gasteiger partial charge in [0.05, 0.1) is 6.54 Å². The summed E-state index contributed by atoms with van der Waals surface area (Å²) < 4.78 is 0. The predicted octanol–water partition coefficient (Wildman–Crippen LogP) is 0.774. The van der Waals surface area contributed by atoms with E-state index in [-0.39, 0.29) is 37.1 Å². The summed E-state index contributed by atoms with van der Waals surface area (Å²) in [4.78, 5) is 35.1. The third kappa shape index (κ3) is 9.05. The van der Waals surface area contributed by atoms with E-state index in [0.717, 1.165) is 0 Å². The van der Waals surface area contributed by atoms with Gasteiger partial charge >= 0.3 is 5.97 Å². The van der Waals surface area contributed by atoms with Crippen molar-refractivity contribution < 1.29 is 24.6 Å². The molecule has 0 saturated carbocycles. The first kappa shape index (κ1) is 22.4. The van der Waals surface area contributed by atoms with Crippen molar-refractivity contribution in [2.75, 3.05) is 6.54 Å². The maximum absolute atomic E-state index is 12.2. The fourth-order valence-electron chi connectivity index (χ4n) is 2.74. The van der Waals surface area contributed by atoms with Crippen molar-refractivity contribution in [1.82, 2.24) is 10.6 Å². The summed E-state index contributed by atoms with van der Waals surface area (Å²) in [6.07, 6.45) is 1.32. The smallest absolute Gasteiger partial charge is 0.326 e. The van der Waals surface area contributed by atoms with E-state index in [1.54, 1.807) is 12.1 Å². The van der Waals surface area contributed by atoms with Crippen molar-refractivity contribution in [1.29, 1.82) is 0 Å². The monoisotopic (exact) mass is 379 g/mol. The van der Waals surface area contributed by atoms with Crippen LogP contribution >= 0.6 is 0 Å². The Kier molecular flexibility index (Phi) is 9.29. The van der Waals surface area contributed by atoms with Gasteiger partial charge in [0.15, 0.2) is 0 Å². The zero-order chi connectivity index (χ0) is 20.4. The Labute approximate surface area is 159 Å². The first-order valence-electron chi connectivity index (χ1n) is 9.00. The van der Waals surface area contributed by atoms with E-state index >= 15 is 0 Å². The lowest BCUT2D eigenvalue weighted by Crippen LogP contribution is -2.44. The molecule has 150 valence electrons. The minimum atomic E-state index is -1.13. The third-order valence-electron chi connectivity index (χ3n) is 4.04. The van der Waals surface area contributed by atoms with Crippen molar-refractivity contribution in [2.45, 2.75) is 51.6 Å². The van der Waals surface area contributed by atoms with Crippen LogP contribution in [0.5, 0.6) is 5.75 Å². The fraction of sp³-hybridized carbons (Fsp3) is 0.526. The maximum atomic E-state index is 12.2. The second kappa shape index (κ2) is 11.2. The number of nitrogens with one attached hydrogen (secondary N) is 2. The van der Waals surface area contributed by atoms with Crippen LogP contribution in [0.1, 0.15) is 38.7 Å². The van der Waals surface area contributed by atoms with E-state index in [4.69, 9.17) is 5.73 Å². The number of phenols is 1. The lowest BCUT2D eigenvalue weighted by molar-refractivity contribution is -0.141. The Bertz CT molecular complexity index is 631. The zero-order valence-electron chi connectivity index (χ0n) is 15.8. The highest BCUT2D eigenvalue weighted by molar-refractivity contribution is 5.84. The molecule has 2 amide bonds. The normalized spacial score (nSPS) is 13.0. The SMILES string of the molecule is CC(C)CC(CCC(=O)N[C@@H](Cc1ccc(O)cc1)C(=O)O)NC(=O)CN. The number of aliphatic carboxylic acids is 1. The first-order chi connectivity index (χ1) is 12.7. The predicted molar refractivity (Wildman–Crippen MR) is 101 cm³/mol. The molecule has 0 bridgehead atoms. The van der Waals surface area contributed by atoms with Gasteiger partial charge in [-0.3, -0.25) is 9.59 Å². The van der Waals surface area contributed by atoms with Crippen LogP contribution in [0.2, 0.25) is 0 Å². The van der Waals surface area contributed by atoms with Gasteiger partial charge in [-0.25, -0.2) is 4.79 Å². The number of benzene rings is 1. The van der Waals surface area contributed by atoms with E-state index < -0.39 is 17.9 Å². The van der Waals surface area contributed by atoms with Gasteiger partial charge in [0.2, 0.25) is 11.8 Å². The minimum absolute atomic E-state index is 0.0883. The van der Waals surface area contributed by atoms with Crippen molar-refractivity contribution >= 4 is 17.8 Å². The summed E-state index contributed by atoms with van der Waals surface area (Å²) in [5.41, 5.74) is 6.01. The van der Waals surface area contributed by atoms with E-state index in [0.29, 0.717) is 24.3 Å². The molecule has 1 aromatic carbocycles. The molecule has 0 fully saturated rings. The number of carboxylic acid groups (broad SMARTS) is 1. The van der Waals surface area contributed by atoms with Gasteiger partial charge in [-0.05, 0) is 36.5 Å². The van der Waals surface area contributed by atoms with Gasteiger partial charge in [-0.15, -0.1) is 0 Å². The topological polar surface area (TPSA) is 142 Å². The van der Waals surface area contributed by atoms with Crippen molar-refractivity contribution in [3.8, 4) is 5.75 Å². The molecule has 8 heteroatoms. The Morgan fingerprint density at radius 3 is 2.22 bits per heavy atom. The van der Waals surface area contributed by atoms with E-state index in [1.807, 2.05) is 13.8 Å². The summed E-state index contributed by atoms with van der Waals surface area (Å²) >= 11 is 0. The molecule has 1 aromatic rings. The molecule has 0 aliphatic carbocycles. The number of carbonyl (C=O) groups excluding carboxylic acids is 2. The average Bonchev–Trinajstić information content (AvgIpc) is 2.60. The molecule has 0 heterocycles. The molecule has 6 N–H and O–H groups in total. The van der Waals surface area contributed by atoms with Crippen LogP contribution in [0.25, 0.3) is 0 Å². The van der Waals surface area contributed by atoms with Crippen LogP contribution in [0.15, 0.2) is 24.3 Å². The molecule has 0 aromatic heterocycles. The van der Waals surface area contributed by atoms with E-state index in [2.05, 4.69) is 10.6 Å². The van der Waals surface area contributed by atoms with Crippen LogP contribution in [0, 0.1) is 5.92 Å². The molecule has 0 aliphatic rings. The molecule has 0 aliphatic heterocycles. The highest BCUT2D eigenvalue weighted by Gasteiger charge is 2.21. The maximum Gasteiger partial charge on any atom is 0.326 e. The standard InChI is InChI=1S/C19H29N3O5/c1-12(2)9-14(21-18(25)11-20)5-8-17(24)22-16(19(26)27)10-13-3-6-15(23)7-4-13/h3-4,6-7,12,14,16,23H,5,8-11,20H2,1-2H3,(H,21,25)(H,22,24)(H,26,27)/t14?,16-/m0/s1. The van der Waals surface area contributed by atoms with Crippen LogP contribution in [0.3, 0.4) is 0 Å². The number of carbonyl (C=O) groups is 3. The number of hydrogen-bond acceptors (Lipinski definition) is 5. The van der Waals surface area contributed by atoms with Crippen LogP contribution in [-0.4, -0.2) is 46.6 Å². The summed E-state index contributed by atoms with van der Waals surface area (Å²) in [7, 11) is 0. The number of phenolic OH excluding ortho intramolecular Hbond substituents is 1. The third-order valence-corrected chi connectivity index (χ3v) is 4.04. The molecule has 27 heavy (non-hydrogen) atoms. The molecule has 1 unspecified atom stereocenters. The molecule has 0 radical (unpaired) electrons. The van der Waals surface area contributed by atoms with Gasteiger partial charge in [0, 0.05) is 18.9 Å². The average molecular weight is 379 g/mol. The second-order valence-electron chi connectivity index (χ2n) is 6.97. The van der Waals surface area contributed by atoms with Gasteiger partial charge in [0.1, 0.15) is 11.8 Å². The second-order valence-corrected chi connectivity index (χ2v) is 6.97. The summed E-state index contributed by atoms with van der Waals surface area (Å²) in [5, 5.41) is 23.9. The van der Waals surface area contributed by atoms with Gasteiger partial charge in [0.25, 0.3) is 0 Å². The van der Waals surface area contributed by atoms with Crippen molar-refractivity contribution in [2.24, 2.45) is 11.7 Å². The number of aromatic hydroxyl groups is 1. The van der Waals surface area contributed by atoms with Gasteiger partial charge < -0.3 is 26.6 Å². The molecular weight excluding hydrogens is 350 g/mol. The number of hydrogen-bond donors (Lipinski definition) is 5. The molecule has 1 rings (SSSR count). The molecule has 8 nitrogen and oxygen atoms in total. The largest absolute Gasteiger partial charge is 0.508 e. The minimum Gasteiger partial charge on any atom is -0.508 e. The van der Waals surface area contributed by atoms with Crippen LogP contribution in [-0.2, 0) is 20.8 Å². The molecule has 0 saturated heterocycles. The zero-order valence-corrected chi connectivity index (χ0v) is 15.8. The number of nitrogens with two attached hydrogens (primary N) is 1. The van der Waals surface area contributed by atoms with Crippen molar-refractivity contribution in [3.63, 3.8) is 0 Å². The molecular formula is C19H29N3O5. The van der Waals surface area contributed by atoms with Crippen LogP contribution in [0.4, 0.5) is 0 Å². The number of rotatable bonds is 11. The van der Waals surface area contributed by atoms with Crippen molar-refractivity contribution in [3.05, 3.63) is 29.8 Å². The summed E-state index contributed by atoms with van der Waals surface area (Å²) in [6, 6.07) is 4.90. The number of carboxylic acids is 1. The van der Waals surface area contributed by atoms with E-state index in [1.165, 1.54) is 12.1 Å². The first-order valence-corrected chi connectivity index (χ1v) is 9.00. The Morgan fingerprint density at radius 1 is 1.07 bits per heavy atom. The molecule has 0 spiro atoms. The van der Waals surface area contributed by atoms with Gasteiger partial charge in [-0.1, -0.05) is 26.0 Å². The highest BCUT2D eigenvalue weighted by atomic mass is 16.4. The van der Waals surface area contributed by atoms with E-state index in [9.17, 15) is 24.6 Å². The lowest BCUT2D eigenvalue weighted by atomic mass is 9.99. The summed E-state index contributed by atoms with van der Waals surface area (Å²) in [5.74, 6) is -1.39. The Morgan fingerprint density at radius 2 is 1.70 bits per heavy atom. The van der Waals surface area contributed by atoms with Crippen LogP contribution < -0.4 is 16.4 Å². The Hall–Kier alpha value is -2.61. The lowest BCUT2D eigenvalue weighted by Gasteiger charge is -2.21. The highest BCUT2D eigenvalue weighted by Crippen LogP contribution is 2.13. The summed E-state index contributed by atoms with van der Waals surface area (Å²) in [6.45, 7) is 3.91. The Balaban J connectivity index is 2.60. The fourth-order valence-corrected chi connectivity index (χ4v) is 2.74. The number of amides is 2.